The standard InChI is InChI=1S/C12H12N4O2S3/c1-7(10-6-19-8(2)13-10)16-21(17,18)11-5-3-4-9-12(11)15-20-14-9/h3-7,16H,1-2H3/t7-/m0/s1. The Balaban J connectivity index is 1.95. The molecule has 0 fully saturated rings. The molecule has 1 N–H and O–H groups in total. The summed E-state index contributed by atoms with van der Waals surface area (Å²) in [6.45, 7) is 3.66. The van der Waals surface area contributed by atoms with Crippen LogP contribution in [0.4, 0.5) is 0 Å². The second kappa shape index (κ2) is 5.41. The second-order valence-electron chi connectivity index (χ2n) is 4.52. The summed E-state index contributed by atoms with van der Waals surface area (Å²) in [7, 11) is -3.68. The van der Waals surface area contributed by atoms with Gasteiger partial charge in [-0.3, -0.25) is 0 Å². The topological polar surface area (TPSA) is 84.8 Å². The van der Waals surface area contributed by atoms with E-state index in [0.29, 0.717) is 16.7 Å². The van der Waals surface area contributed by atoms with Crippen LogP contribution in [0.1, 0.15) is 23.7 Å². The van der Waals surface area contributed by atoms with Gasteiger partial charge in [-0.1, -0.05) is 6.07 Å². The quantitative estimate of drug-likeness (QED) is 0.789. The molecule has 2 heterocycles. The minimum absolute atomic E-state index is 0.146. The lowest BCUT2D eigenvalue weighted by atomic mass is 10.3. The molecule has 1 aromatic carbocycles. The maximum atomic E-state index is 12.5. The van der Waals surface area contributed by atoms with E-state index in [4.69, 9.17) is 0 Å². The summed E-state index contributed by atoms with van der Waals surface area (Å²) >= 11 is 2.49. The Morgan fingerprint density at radius 3 is 2.81 bits per heavy atom. The predicted molar refractivity (Wildman–Crippen MR) is 83.0 cm³/mol. The van der Waals surface area contributed by atoms with Crippen molar-refractivity contribution < 1.29 is 8.42 Å². The normalized spacial score (nSPS) is 13.6. The van der Waals surface area contributed by atoms with E-state index in [1.54, 1.807) is 19.1 Å². The second-order valence-corrected chi connectivity index (χ2v) is 7.80. The van der Waals surface area contributed by atoms with E-state index in [9.17, 15) is 8.42 Å². The van der Waals surface area contributed by atoms with Crippen molar-refractivity contribution in [3.63, 3.8) is 0 Å². The molecule has 9 heteroatoms. The zero-order chi connectivity index (χ0) is 15.0. The van der Waals surface area contributed by atoms with Crippen LogP contribution in [0, 0.1) is 6.92 Å². The van der Waals surface area contributed by atoms with Gasteiger partial charge in [-0.25, -0.2) is 18.1 Å². The van der Waals surface area contributed by atoms with Crippen molar-refractivity contribution in [2.45, 2.75) is 24.8 Å². The lowest BCUT2D eigenvalue weighted by molar-refractivity contribution is 0.565. The average Bonchev–Trinajstić information content (AvgIpc) is 3.05. The van der Waals surface area contributed by atoms with Gasteiger partial charge >= 0.3 is 0 Å². The van der Waals surface area contributed by atoms with E-state index >= 15 is 0 Å². The number of rotatable bonds is 4. The van der Waals surface area contributed by atoms with Gasteiger partial charge in [-0.2, -0.15) is 8.75 Å². The van der Waals surface area contributed by atoms with Crippen LogP contribution in [0.5, 0.6) is 0 Å². The predicted octanol–water partition coefficient (Wildman–Crippen LogP) is 2.50. The SMILES string of the molecule is Cc1nc([C@H](C)NS(=O)(=O)c2cccc3nsnc23)cs1. The molecular formula is C12H12N4O2S3. The monoisotopic (exact) mass is 340 g/mol. The summed E-state index contributed by atoms with van der Waals surface area (Å²) < 4.78 is 35.8. The van der Waals surface area contributed by atoms with Gasteiger partial charge in [0.05, 0.1) is 28.5 Å². The molecule has 1 atom stereocenters. The summed E-state index contributed by atoms with van der Waals surface area (Å²) in [6.07, 6.45) is 0. The van der Waals surface area contributed by atoms with E-state index in [0.717, 1.165) is 16.7 Å². The summed E-state index contributed by atoms with van der Waals surface area (Å²) in [5.74, 6) is 0. The number of thiazole rings is 1. The molecule has 0 amide bonds. The van der Waals surface area contributed by atoms with Crippen molar-refractivity contribution in [3.05, 3.63) is 34.3 Å². The van der Waals surface area contributed by atoms with Crippen LogP contribution in [0.15, 0.2) is 28.5 Å². The lowest BCUT2D eigenvalue weighted by Crippen LogP contribution is -2.27. The number of hydrogen-bond acceptors (Lipinski definition) is 7. The van der Waals surface area contributed by atoms with E-state index in [-0.39, 0.29) is 4.90 Å². The van der Waals surface area contributed by atoms with Crippen molar-refractivity contribution in [2.75, 3.05) is 0 Å². The van der Waals surface area contributed by atoms with E-state index in [2.05, 4.69) is 18.5 Å². The third-order valence-electron chi connectivity index (χ3n) is 2.95. The molecule has 21 heavy (non-hydrogen) atoms. The van der Waals surface area contributed by atoms with Gasteiger partial charge in [0.1, 0.15) is 15.9 Å². The Morgan fingerprint density at radius 1 is 1.29 bits per heavy atom. The van der Waals surface area contributed by atoms with E-state index in [1.807, 2.05) is 12.3 Å². The molecular weight excluding hydrogens is 328 g/mol. The summed E-state index contributed by atoms with van der Waals surface area (Å²) in [5, 5.41) is 2.76. The van der Waals surface area contributed by atoms with Crippen LogP contribution in [-0.4, -0.2) is 22.1 Å². The fourth-order valence-electron chi connectivity index (χ4n) is 1.93. The van der Waals surface area contributed by atoms with Crippen molar-refractivity contribution >= 4 is 44.1 Å². The van der Waals surface area contributed by atoms with Crippen molar-refractivity contribution in [3.8, 4) is 0 Å². The highest BCUT2D eigenvalue weighted by molar-refractivity contribution is 7.89. The average molecular weight is 340 g/mol. The van der Waals surface area contributed by atoms with Gasteiger partial charge in [-0.05, 0) is 26.0 Å². The van der Waals surface area contributed by atoms with Crippen LogP contribution in [0.2, 0.25) is 0 Å². The van der Waals surface area contributed by atoms with Gasteiger partial charge in [0, 0.05) is 5.38 Å². The molecule has 2 aromatic heterocycles. The van der Waals surface area contributed by atoms with Gasteiger partial charge in [0.15, 0.2) is 0 Å². The molecule has 6 nitrogen and oxygen atoms in total. The zero-order valence-electron chi connectivity index (χ0n) is 11.3. The molecule has 0 spiro atoms. The Labute approximate surface area is 130 Å². The number of hydrogen-bond donors (Lipinski definition) is 1. The number of nitrogens with zero attached hydrogens (tertiary/aromatic N) is 3. The van der Waals surface area contributed by atoms with E-state index < -0.39 is 16.1 Å². The number of aryl methyl sites for hydroxylation is 1. The fraction of sp³-hybridized carbons (Fsp3) is 0.250. The Kier molecular flexibility index (Phi) is 3.74. The minimum Gasteiger partial charge on any atom is -0.245 e. The molecule has 0 saturated carbocycles. The molecule has 3 rings (SSSR count). The van der Waals surface area contributed by atoms with Crippen LogP contribution in [0.25, 0.3) is 11.0 Å². The third-order valence-corrected chi connectivity index (χ3v) is 5.86. The molecule has 0 aliphatic carbocycles. The first-order valence-corrected chi connectivity index (χ1v) is 9.22. The highest BCUT2D eigenvalue weighted by atomic mass is 32.2. The fourth-order valence-corrected chi connectivity index (χ4v) is 4.62. The Hall–Kier alpha value is -1.42. The highest BCUT2D eigenvalue weighted by Crippen LogP contribution is 2.23. The van der Waals surface area contributed by atoms with Crippen LogP contribution >= 0.6 is 23.1 Å². The van der Waals surface area contributed by atoms with Crippen molar-refractivity contribution in [1.29, 1.82) is 0 Å². The molecule has 0 aliphatic rings. The molecule has 0 saturated heterocycles. The number of sulfonamides is 1. The van der Waals surface area contributed by atoms with E-state index in [1.165, 1.54) is 17.4 Å². The molecule has 3 aromatic rings. The van der Waals surface area contributed by atoms with Gasteiger partial charge in [-0.15, -0.1) is 11.3 Å². The minimum atomic E-state index is -3.68. The summed E-state index contributed by atoms with van der Waals surface area (Å²) in [6, 6.07) is 4.54. The molecule has 0 unspecified atom stereocenters. The molecule has 0 radical (unpaired) electrons. The first-order chi connectivity index (χ1) is 9.97. The number of benzene rings is 1. The maximum absolute atomic E-state index is 12.5. The smallest absolute Gasteiger partial charge is 0.243 e. The summed E-state index contributed by atoms with van der Waals surface area (Å²) in [4.78, 5) is 4.45. The molecule has 0 aliphatic heterocycles. The maximum Gasteiger partial charge on any atom is 0.243 e. The lowest BCUT2D eigenvalue weighted by Gasteiger charge is -2.12. The van der Waals surface area contributed by atoms with Gasteiger partial charge in [0.2, 0.25) is 10.0 Å². The largest absolute Gasteiger partial charge is 0.245 e. The van der Waals surface area contributed by atoms with Crippen LogP contribution in [-0.2, 0) is 10.0 Å². The first kappa shape index (κ1) is 14.5. The third kappa shape index (κ3) is 2.82. The molecule has 0 bridgehead atoms. The number of fused-ring (bicyclic) bond motifs is 1. The summed E-state index contributed by atoms with van der Waals surface area (Å²) in [5.41, 5.74) is 1.70. The number of aromatic nitrogens is 3. The van der Waals surface area contributed by atoms with Crippen LogP contribution < -0.4 is 4.72 Å². The highest BCUT2D eigenvalue weighted by Gasteiger charge is 2.23. The Morgan fingerprint density at radius 2 is 2.10 bits per heavy atom. The Bertz CT molecular complexity index is 885. The zero-order valence-corrected chi connectivity index (χ0v) is 13.7. The van der Waals surface area contributed by atoms with Crippen LogP contribution in [0.3, 0.4) is 0 Å². The first-order valence-electron chi connectivity index (χ1n) is 6.13. The van der Waals surface area contributed by atoms with Gasteiger partial charge in [0.25, 0.3) is 0 Å². The number of nitrogens with one attached hydrogen (secondary N) is 1. The van der Waals surface area contributed by atoms with Gasteiger partial charge < -0.3 is 0 Å². The van der Waals surface area contributed by atoms with Crippen molar-refractivity contribution in [2.24, 2.45) is 0 Å². The van der Waals surface area contributed by atoms with Crippen molar-refractivity contribution in [1.82, 2.24) is 18.5 Å². The molecule has 110 valence electrons.